The van der Waals surface area contributed by atoms with Crippen LogP contribution in [0.1, 0.15) is 31.2 Å². The number of nitrogens with zero attached hydrogens (tertiary/aromatic N) is 1. The maximum Gasteiger partial charge on any atom is 0.244 e. The Hall–Kier alpha value is -1.35. The smallest absolute Gasteiger partial charge is 0.244 e. The lowest BCUT2D eigenvalue weighted by molar-refractivity contribution is -0.120. The van der Waals surface area contributed by atoms with Gasteiger partial charge in [0, 0.05) is 12.2 Å². The average molecular weight is 244 g/mol. The number of nitrogens with one attached hydrogen (secondary N) is 1. The van der Waals surface area contributed by atoms with Gasteiger partial charge in [-0.2, -0.15) is 0 Å². The summed E-state index contributed by atoms with van der Waals surface area (Å²) in [7, 11) is 0. The Balaban J connectivity index is 1.88. The number of aryl methyl sites for hydroxylation is 1. The van der Waals surface area contributed by atoms with E-state index >= 15 is 0 Å². The summed E-state index contributed by atoms with van der Waals surface area (Å²) < 4.78 is 0. The van der Waals surface area contributed by atoms with Crippen molar-refractivity contribution >= 4 is 11.6 Å². The summed E-state index contributed by atoms with van der Waals surface area (Å²) in [5, 5.41) is 3.31. The maximum absolute atomic E-state index is 12.6. The molecule has 0 unspecified atom stereocenters. The zero-order valence-electron chi connectivity index (χ0n) is 10.7. The summed E-state index contributed by atoms with van der Waals surface area (Å²) in [5.74, 6) is 0.266. The molecule has 0 radical (unpaired) electrons. The van der Waals surface area contributed by atoms with Gasteiger partial charge in [0.05, 0.1) is 6.04 Å². The molecule has 0 bridgehead atoms. The summed E-state index contributed by atoms with van der Waals surface area (Å²) in [6, 6.07) is 8.39. The van der Waals surface area contributed by atoms with E-state index in [9.17, 15) is 4.79 Å². The van der Waals surface area contributed by atoms with Gasteiger partial charge in [-0.1, -0.05) is 18.2 Å². The highest BCUT2D eigenvalue weighted by Crippen LogP contribution is 2.27. The van der Waals surface area contributed by atoms with Crippen LogP contribution in [0.4, 0.5) is 5.69 Å². The van der Waals surface area contributed by atoms with Crippen LogP contribution in [0.25, 0.3) is 0 Å². The molecule has 0 aliphatic carbocycles. The van der Waals surface area contributed by atoms with Crippen molar-refractivity contribution in [2.75, 3.05) is 18.0 Å². The Labute approximate surface area is 108 Å². The van der Waals surface area contributed by atoms with Crippen LogP contribution in [0, 0.1) is 0 Å². The van der Waals surface area contributed by atoms with Crippen molar-refractivity contribution in [2.24, 2.45) is 0 Å². The van der Waals surface area contributed by atoms with Crippen molar-refractivity contribution in [1.29, 1.82) is 0 Å². The molecule has 1 saturated heterocycles. The molecular formula is C15H20N2O. The van der Waals surface area contributed by atoms with E-state index < -0.39 is 0 Å². The predicted molar refractivity (Wildman–Crippen MR) is 72.8 cm³/mol. The molecule has 1 fully saturated rings. The fraction of sp³-hybridized carbons (Fsp3) is 0.533. The van der Waals surface area contributed by atoms with Crippen LogP contribution in [-0.2, 0) is 11.2 Å². The number of carbonyl (C=O) groups is 1. The highest BCUT2D eigenvalue weighted by Gasteiger charge is 2.29. The summed E-state index contributed by atoms with van der Waals surface area (Å²) in [6.45, 7) is 1.85. The molecule has 3 heteroatoms. The third-order valence-corrected chi connectivity index (χ3v) is 3.98. The minimum atomic E-state index is 0.0381. The fourth-order valence-electron chi connectivity index (χ4n) is 3.00. The van der Waals surface area contributed by atoms with Crippen LogP contribution >= 0.6 is 0 Å². The average Bonchev–Trinajstić information content (AvgIpc) is 2.85. The van der Waals surface area contributed by atoms with E-state index in [0.29, 0.717) is 0 Å². The zero-order valence-corrected chi connectivity index (χ0v) is 10.7. The van der Waals surface area contributed by atoms with E-state index in [1.54, 1.807) is 0 Å². The van der Waals surface area contributed by atoms with Crippen LogP contribution < -0.4 is 10.2 Å². The molecule has 2 aliphatic rings. The summed E-state index contributed by atoms with van der Waals surface area (Å²) >= 11 is 0. The fourth-order valence-corrected chi connectivity index (χ4v) is 3.00. The molecular weight excluding hydrogens is 224 g/mol. The zero-order chi connectivity index (χ0) is 12.4. The van der Waals surface area contributed by atoms with Crippen LogP contribution in [0.2, 0.25) is 0 Å². The largest absolute Gasteiger partial charge is 0.311 e. The molecule has 1 amide bonds. The van der Waals surface area contributed by atoms with Gasteiger partial charge in [0.25, 0.3) is 0 Å². The number of hydrogen-bond donors (Lipinski definition) is 1. The minimum Gasteiger partial charge on any atom is -0.311 e. The second-order valence-corrected chi connectivity index (χ2v) is 5.22. The molecule has 1 aromatic rings. The van der Waals surface area contributed by atoms with Gasteiger partial charge in [0.1, 0.15) is 0 Å². The van der Waals surface area contributed by atoms with Gasteiger partial charge < -0.3 is 10.2 Å². The van der Waals surface area contributed by atoms with Crippen LogP contribution in [-0.4, -0.2) is 25.0 Å². The standard InChI is InChI=1S/C15H20N2O/c18-15(13-8-5-10-16-13)17-11-4-3-7-12-6-1-2-9-14(12)17/h1-2,6,9,13,16H,3-5,7-8,10-11H2/t13-/m0/s1. The first-order valence-electron chi connectivity index (χ1n) is 6.99. The molecule has 3 rings (SSSR count). The molecule has 1 atom stereocenters. The normalized spacial score (nSPS) is 23.6. The predicted octanol–water partition coefficient (Wildman–Crippen LogP) is 2.11. The summed E-state index contributed by atoms with van der Waals surface area (Å²) in [6.07, 6.45) is 5.48. The number of anilines is 1. The maximum atomic E-state index is 12.6. The number of carbonyl (C=O) groups excluding carboxylic acids is 1. The third-order valence-electron chi connectivity index (χ3n) is 3.98. The number of amides is 1. The van der Waals surface area contributed by atoms with E-state index in [1.165, 1.54) is 12.0 Å². The number of para-hydroxylation sites is 1. The molecule has 1 N–H and O–H groups in total. The monoisotopic (exact) mass is 244 g/mol. The molecule has 96 valence electrons. The van der Waals surface area contributed by atoms with E-state index in [0.717, 1.165) is 44.5 Å². The minimum absolute atomic E-state index is 0.0381. The summed E-state index contributed by atoms with van der Waals surface area (Å²) in [4.78, 5) is 14.6. The third kappa shape index (κ3) is 2.15. The van der Waals surface area contributed by atoms with E-state index in [1.807, 2.05) is 11.0 Å². The van der Waals surface area contributed by atoms with E-state index in [-0.39, 0.29) is 11.9 Å². The van der Waals surface area contributed by atoms with Crippen molar-refractivity contribution < 1.29 is 4.79 Å². The Kier molecular flexibility index (Phi) is 3.33. The summed E-state index contributed by atoms with van der Waals surface area (Å²) in [5.41, 5.74) is 2.45. The second-order valence-electron chi connectivity index (χ2n) is 5.22. The lowest BCUT2D eigenvalue weighted by atomic mass is 10.1. The van der Waals surface area contributed by atoms with E-state index in [2.05, 4.69) is 23.5 Å². The highest BCUT2D eigenvalue weighted by molar-refractivity contribution is 5.98. The molecule has 0 spiro atoms. The van der Waals surface area contributed by atoms with Gasteiger partial charge in [0.15, 0.2) is 0 Å². The molecule has 2 aliphatic heterocycles. The Morgan fingerprint density at radius 2 is 2.11 bits per heavy atom. The van der Waals surface area contributed by atoms with Crippen molar-refractivity contribution in [3.8, 4) is 0 Å². The topological polar surface area (TPSA) is 32.3 Å². The number of hydrogen-bond acceptors (Lipinski definition) is 2. The first-order valence-corrected chi connectivity index (χ1v) is 6.99. The molecule has 0 aromatic heterocycles. The highest BCUT2D eigenvalue weighted by atomic mass is 16.2. The number of rotatable bonds is 1. The second kappa shape index (κ2) is 5.11. The van der Waals surface area contributed by atoms with Gasteiger partial charge in [-0.25, -0.2) is 0 Å². The van der Waals surface area contributed by atoms with Crippen molar-refractivity contribution in [2.45, 2.75) is 38.1 Å². The molecule has 3 nitrogen and oxygen atoms in total. The van der Waals surface area contributed by atoms with Gasteiger partial charge in [-0.05, 0) is 50.3 Å². The van der Waals surface area contributed by atoms with Gasteiger partial charge in [0.2, 0.25) is 5.91 Å². The molecule has 18 heavy (non-hydrogen) atoms. The van der Waals surface area contributed by atoms with Gasteiger partial charge in [-0.15, -0.1) is 0 Å². The quantitative estimate of drug-likeness (QED) is 0.820. The van der Waals surface area contributed by atoms with Crippen LogP contribution in [0.15, 0.2) is 24.3 Å². The van der Waals surface area contributed by atoms with Crippen molar-refractivity contribution in [3.05, 3.63) is 29.8 Å². The lowest BCUT2D eigenvalue weighted by Crippen LogP contribution is -2.44. The van der Waals surface area contributed by atoms with Gasteiger partial charge in [-0.3, -0.25) is 4.79 Å². The molecule has 1 aromatic carbocycles. The van der Waals surface area contributed by atoms with E-state index in [4.69, 9.17) is 0 Å². The Bertz CT molecular complexity index is 438. The van der Waals surface area contributed by atoms with Crippen molar-refractivity contribution in [1.82, 2.24) is 5.32 Å². The van der Waals surface area contributed by atoms with Crippen LogP contribution in [0.5, 0.6) is 0 Å². The molecule has 2 heterocycles. The lowest BCUT2D eigenvalue weighted by Gasteiger charge is -2.25. The van der Waals surface area contributed by atoms with Crippen LogP contribution in [0.3, 0.4) is 0 Å². The number of benzene rings is 1. The Morgan fingerprint density at radius 3 is 2.94 bits per heavy atom. The Morgan fingerprint density at radius 1 is 1.22 bits per heavy atom. The first kappa shape index (κ1) is 11.7. The first-order chi connectivity index (χ1) is 8.86. The SMILES string of the molecule is O=C([C@@H]1CCCN1)N1CCCCc2ccccc21. The van der Waals surface area contributed by atoms with Crippen molar-refractivity contribution in [3.63, 3.8) is 0 Å². The molecule has 0 saturated carbocycles. The van der Waals surface area contributed by atoms with Gasteiger partial charge >= 0.3 is 0 Å². The number of fused-ring (bicyclic) bond motifs is 1.